The first-order valence-corrected chi connectivity index (χ1v) is 9.31. The number of rotatable bonds is 9. The SMILES string of the molecule is CCC(NC(=O)CCN(Cc1cccc2ccccc12)C1CC1)C(=O)O. The highest BCUT2D eigenvalue weighted by molar-refractivity contribution is 5.85. The molecule has 0 radical (unpaired) electrons. The topological polar surface area (TPSA) is 69.6 Å². The Labute approximate surface area is 154 Å². The molecule has 1 amide bonds. The Morgan fingerprint density at radius 1 is 1.19 bits per heavy atom. The van der Waals surface area contributed by atoms with Crippen molar-refractivity contribution < 1.29 is 14.7 Å². The van der Waals surface area contributed by atoms with Gasteiger partial charge in [-0.25, -0.2) is 4.79 Å². The van der Waals surface area contributed by atoms with Crippen LogP contribution in [0, 0.1) is 0 Å². The fraction of sp³-hybridized carbons (Fsp3) is 0.429. The molecule has 0 bridgehead atoms. The molecule has 2 aromatic rings. The minimum atomic E-state index is -0.976. The highest BCUT2D eigenvalue weighted by Crippen LogP contribution is 2.30. The van der Waals surface area contributed by atoms with Gasteiger partial charge in [-0.05, 0) is 35.6 Å². The lowest BCUT2D eigenvalue weighted by atomic mass is 10.0. The summed E-state index contributed by atoms with van der Waals surface area (Å²) in [7, 11) is 0. The van der Waals surface area contributed by atoms with Gasteiger partial charge in [0.2, 0.25) is 5.91 Å². The van der Waals surface area contributed by atoms with Crippen LogP contribution >= 0.6 is 0 Å². The van der Waals surface area contributed by atoms with Gasteiger partial charge in [0, 0.05) is 25.6 Å². The number of carbonyl (C=O) groups excluding carboxylic acids is 1. The van der Waals surface area contributed by atoms with Gasteiger partial charge in [0.05, 0.1) is 0 Å². The first-order valence-electron chi connectivity index (χ1n) is 9.31. The predicted molar refractivity (Wildman–Crippen MR) is 102 cm³/mol. The van der Waals surface area contributed by atoms with Gasteiger partial charge in [0.1, 0.15) is 6.04 Å². The first-order chi connectivity index (χ1) is 12.6. The predicted octanol–water partition coefficient (Wildman–Crippen LogP) is 3.17. The summed E-state index contributed by atoms with van der Waals surface area (Å²) < 4.78 is 0. The van der Waals surface area contributed by atoms with E-state index < -0.39 is 12.0 Å². The number of nitrogens with zero attached hydrogens (tertiary/aromatic N) is 1. The summed E-state index contributed by atoms with van der Waals surface area (Å²) in [4.78, 5) is 25.5. The third-order valence-electron chi connectivity index (χ3n) is 4.98. The fourth-order valence-electron chi connectivity index (χ4n) is 3.33. The lowest BCUT2D eigenvalue weighted by Gasteiger charge is -2.23. The minimum absolute atomic E-state index is 0.192. The van der Waals surface area contributed by atoms with Crippen LogP contribution in [-0.4, -0.2) is 40.5 Å². The molecule has 1 aliphatic carbocycles. The van der Waals surface area contributed by atoms with Gasteiger partial charge >= 0.3 is 5.97 Å². The number of amides is 1. The number of fused-ring (bicyclic) bond motifs is 1. The molecule has 5 nitrogen and oxygen atoms in total. The van der Waals surface area contributed by atoms with Crippen molar-refractivity contribution in [2.75, 3.05) is 6.54 Å². The van der Waals surface area contributed by atoms with Crippen molar-refractivity contribution in [2.24, 2.45) is 0 Å². The molecule has 1 saturated carbocycles. The molecule has 1 aliphatic rings. The van der Waals surface area contributed by atoms with Crippen LogP contribution in [0.1, 0.15) is 38.2 Å². The van der Waals surface area contributed by atoms with E-state index >= 15 is 0 Å². The second-order valence-electron chi connectivity index (χ2n) is 6.96. The maximum Gasteiger partial charge on any atom is 0.326 e. The van der Waals surface area contributed by atoms with E-state index in [1.165, 1.54) is 29.2 Å². The van der Waals surface area contributed by atoms with Crippen molar-refractivity contribution in [3.63, 3.8) is 0 Å². The van der Waals surface area contributed by atoms with Crippen LogP contribution < -0.4 is 5.32 Å². The molecule has 0 heterocycles. The van der Waals surface area contributed by atoms with Crippen LogP contribution in [0.25, 0.3) is 10.8 Å². The smallest absolute Gasteiger partial charge is 0.326 e. The van der Waals surface area contributed by atoms with Crippen LogP contribution in [0.5, 0.6) is 0 Å². The average Bonchev–Trinajstić information content (AvgIpc) is 3.48. The number of carboxylic acid groups (broad SMARTS) is 1. The summed E-state index contributed by atoms with van der Waals surface area (Å²) in [6, 6.07) is 14.4. The van der Waals surface area contributed by atoms with E-state index in [1.54, 1.807) is 6.92 Å². The lowest BCUT2D eigenvalue weighted by Crippen LogP contribution is -2.41. The highest BCUT2D eigenvalue weighted by Gasteiger charge is 2.29. The molecule has 5 heteroatoms. The number of carboxylic acids is 1. The van der Waals surface area contributed by atoms with E-state index in [0.717, 1.165) is 6.54 Å². The molecule has 1 atom stereocenters. The standard InChI is InChI=1S/C21H26N2O3/c1-2-19(21(25)26)22-20(24)12-13-23(17-10-11-17)14-16-8-5-7-15-6-3-4-9-18(15)16/h3-9,17,19H,2,10-14H2,1H3,(H,22,24)(H,25,26). The van der Waals surface area contributed by atoms with Crippen LogP contribution in [0.3, 0.4) is 0 Å². The molecule has 26 heavy (non-hydrogen) atoms. The molecule has 0 saturated heterocycles. The molecule has 1 unspecified atom stereocenters. The number of hydrogen-bond donors (Lipinski definition) is 2. The number of carbonyl (C=O) groups is 2. The van der Waals surface area contributed by atoms with E-state index in [4.69, 9.17) is 5.11 Å². The zero-order valence-corrected chi connectivity index (χ0v) is 15.1. The zero-order chi connectivity index (χ0) is 18.5. The van der Waals surface area contributed by atoms with E-state index in [1.807, 2.05) is 6.07 Å². The third kappa shape index (κ3) is 4.61. The Morgan fingerprint density at radius 3 is 2.62 bits per heavy atom. The maximum absolute atomic E-state index is 12.1. The monoisotopic (exact) mass is 354 g/mol. The summed E-state index contributed by atoms with van der Waals surface area (Å²) in [6.45, 7) is 3.22. The van der Waals surface area contributed by atoms with Crippen molar-refractivity contribution in [3.05, 3.63) is 48.0 Å². The molecule has 3 rings (SSSR count). The molecule has 1 fully saturated rings. The van der Waals surface area contributed by atoms with Gasteiger partial charge in [-0.1, -0.05) is 49.4 Å². The van der Waals surface area contributed by atoms with Crippen LogP contribution in [0.4, 0.5) is 0 Å². The van der Waals surface area contributed by atoms with Crippen LogP contribution in [0.2, 0.25) is 0 Å². The minimum Gasteiger partial charge on any atom is -0.480 e. The fourth-order valence-corrected chi connectivity index (χ4v) is 3.33. The van der Waals surface area contributed by atoms with Crippen molar-refractivity contribution in [1.29, 1.82) is 0 Å². The van der Waals surface area contributed by atoms with Crippen molar-refractivity contribution in [1.82, 2.24) is 10.2 Å². The third-order valence-corrected chi connectivity index (χ3v) is 4.98. The van der Waals surface area contributed by atoms with E-state index in [2.05, 4.69) is 46.6 Å². The van der Waals surface area contributed by atoms with Gasteiger partial charge in [-0.15, -0.1) is 0 Å². The molecule has 0 aromatic heterocycles. The molecule has 2 N–H and O–H groups in total. The summed E-state index contributed by atoms with van der Waals surface area (Å²) >= 11 is 0. The molecule has 0 aliphatic heterocycles. The number of aliphatic carboxylic acids is 1. The van der Waals surface area contributed by atoms with Crippen LogP contribution in [-0.2, 0) is 16.1 Å². The van der Waals surface area contributed by atoms with Crippen LogP contribution in [0.15, 0.2) is 42.5 Å². The number of benzene rings is 2. The summed E-state index contributed by atoms with van der Waals surface area (Å²) in [5.41, 5.74) is 1.27. The lowest BCUT2D eigenvalue weighted by molar-refractivity contribution is -0.141. The van der Waals surface area contributed by atoms with Crippen molar-refractivity contribution in [3.8, 4) is 0 Å². The number of nitrogens with one attached hydrogen (secondary N) is 1. The molecule has 0 spiro atoms. The van der Waals surface area contributed by atoms with Gasteiger partial charge in [-0.2, -0.15) is 0 Å². The average molecular weight is 354 g/mol. The second-order valence-corrected chi connectivity index (χ2v) is 6.96. The second kappa shape index (κ2) is 8.32. The van der Waals surface area contributed by atoms with Gasteiger partial charge in [-0.3, -0.25) is 9.69 Å². The van der Waals surface area contributed by atoms with Gasteiger partial charge < -0.3 is 10.4 Å². The van der Waals surface area contributed by atoms with Crippen molar-refractivity contribution in [2.45, 2.75) is 51.2 Å². The summed E-state index contributed by atoms with van der Waals surface area (Å²) in [5, 5.41) is 14.2. The Morgan fingerprint density at radius 2 is 1.92 bits per heavy atom. The molecular weight excluding hydrogens is 328 g/mol. The maximum atomic E-state index is 12.1. The largest absolute Gasteiger partial charge is 0.480 e. The Kier molecular flexibility index (Phi) is 5.89. The van der Waals surface area contributed by atoms with Gasteiger partial charge in [0.25, 0.3) is 0 Å². The molecular formula is C21H26N2O3. The Hall–Kier alpha value is -2.40. The highest BCUT2D eigenvalue weighted by atomic mass is 16.4. The zero-order valence-electron chi connectivity index (χ0n) is 15.1. The number of hydrogen-bond acceptors (Lipinski definition) is 3. The molecule has 2 aromatic carbocycles. The molecule has 138 valence electrons. The van der Waals surface area contributed by atoms with E-state index in [-0.39, 0.29) is 5.91 Å². The Bertz CT molecular complexity index is 780. The van der Waals surface area contributed by atoms with Crippen molar-refractivity contribution >= 4 is 22.6 Å². The van der Waals surface area contributed by atoms with E-state index in [9.17, 15) is 9.59 Å². The first kappa shape index (κ1) is 18.4. The van der Waals surface area contributed by atoms with E-state index in [0.29, 0.717) is 25.4 Å². The Balaban J connectivity index is 1.63. The quantitative estimate of drug-likeness (QED) is 0.726. The summed E-state index contributed by atoms with van der Waals surface area (Å²) in [6.07, 6.45) is 3.05. The van der Waals surface area contributed by atoms with Gasteiger partial charge in [0.15, 0.2) is 0 Å². The summed E-state index contributed by atoms with van der Waals surface area (Å²) in [5.74, 6) is -1.17. The normalized spacial score (nSPS) is 15.2.